The van der Waals surface area contributed by atoms with Crippen molar-refractivity contribution in [2.24, 2.45) is 0 Å². The summed E-state index contributed by atoms with van der Waals surface area (Å²) in [6.07, 6.45) is 3.58. The summed E-state index contributed by atoms with van der Waals surface area (Å²) in [5, 5.41) is 3.65. The molecule has 2 aromatic carbocycles. The maximum absolute atomic E-state index is 13.6. The number of hydrogen-bond donors (Lipinski definition) is 1. The fraction of sp³-hybridized carbons (Fsp3) is 0.483. The van der Waals surface area contributed by atoms with Crippen LogP contribution in [0.5, 0.6) is 0 Å². The van der Waals surface area contributed by atoms with Crippen molar-refractivity contribution in [2.75, 3.05) is 25.6 Å². The van der Waals surface area contributed by atoms with E-state index in [4.69, 9.17) is 9.72 Å². The minimum absolute atomic E-state index is 0.107. The number of rotatable bonds is 12. The number of ether oxygens (including phenoxy) is 1. The minimum atomic E-state index is -0.356. The number of nitrogens with one attached hydrogen (secondary N) is 1. The van der Waals surface area contributed by atoms with E-state index in [2.05, 4.69) is 26.1 Å². The molecule has 1 N–H and O–H groups in total. The summed E-state index contributed by atoms with van der Waals surface area (Å²) >= 11 is 0. The average molecular weight is 493 g/mol. The lowest BCUT2D eigenvalue weighted by molar-refractivity contribution is 0.168. The van der Waals surface area contributed by atoms with Crippen molar-refractivity contribution in [1.82, 2.24) is 14.5 Å². The summed E-state index contributed by atoms with van der Waals surface area (Å²) < 4.78 is 6.97. The second-order valence-electron chi connectivity index (χ2n) is 9.47. The van der Waals surface area contributed by atoms with Crippen LogP contribution in [0.1, 0.15) is 76.7 Å². The van der Waals surface area contributed by atoms with Crippen LogP contribution in [0.2, 0.25) is 0 Å². The number of unbranched alkanes of at least 4 members (excludes halogenated alkanes) is 2. The van der Waals surface area contributed by atoms with Gasteiger partial charge in [-0.25, -0.2) is 9.78 Å². The molecule has 0 saturated carbocycles. The van der Waals surface area contributed by atoms with E-state index in [9.17, 15) is 9.59 Å². The molecule has 3 rings (SSSR count). The molecule has 0 aliphatic heterocycles. The first-order valence-electron chi connectivity index (χ1n) is 13.1. The molecule has 3 aromatic rings. The van der Waals surface area contributed by atoms with Gasteiger partial charge in [0, 0.05) is 19.3 Å². The lowest BCUT2D eigenvalue weighted by atomic mass is 10.0. The molecule has 0 spiro atoms. The first kappa shape index (κ1) is 27.4. The van der Waals surface area contributed by atoms with Crippen LogP contribution in [-0.2, 0) is 11.3 Å². The standard InChI is InChI=1S/C29H40N4O3/c1-6-8-11-18-32(29(35)30-23-16-14-22(15-17-23)21(3)4)26(7-2)27-31-25-13-10-9-12-24(25)28(34)33(27)19-20-36-5/h9-10,12-17,21,26H,6-8,11,18-20H2,1-5H3,(H,30,35). The molecule has 1 unspecified atom stereocenters. The van der Waals surface area contributed by atoms with Crippen molar-refractivity contribution in [1.29, 1.82) is 0 Å². The van der Waals surface area contributed by atoms with Gasteiger partial charge < -0.3 is 15.0 Å². The average Bonchev–Trinajstić information content (AvgIpc) is 2.88. The van der Waals surface area contributed by atoms with Gasteiger partial charge in [-0.15, -0.1) is 0 Å². The zero-order valence-corrected chi connectivity index (χ0v) is 22.3. The van der Waals surface area contributed by atoms with Crippen LogP contribution >= 0.6 is 0 Å². The second-order valence-corrected chi connectivity index (χ2v) is 9.47. The zero-order valence-electron chi connectivity index (χ0n) is 22.3. The van der Waals surface area contributed by atoms with Crippen molar-refractivity contribution in [3.05, 3.63) is 70.3 Å². The fourth-order valence-corrected chi connectivity index (χ4v) is 4.46. The second kappa shape index (κ2) is 13.2. The van der Waals surface area contributed by atoms with Crippen LogP contribution in [0.4, 0.5) is 10.5 Å². The number of carbonyl (C=O) groups is 1. The van der Waals surface area contributed by atoms with Gasteiger partial charge >= 0.3 is 6.03 Å². The van der Waals surface area contributed by atoms with Gasteiger partial charge in [-0.05, 0) is 48.6 Å². The quantitative estimate of drug-likeness (QED) is 0.299. The fourth-order valence-electron chi connectivity index (χ4n) is 4.46. The van der Waals surface area contributed by atoms with Crippen molar-refractivity contribution in [2.45, 2.75) is 71.9 Å². The summed E-state index contributed by atoms with van der Waals surface area (Å²) in [6, 6.07) is 14.8. The first-order valence-corrected chi connectivity index (χ1v) is 13.1. The van der Waals surface area contributed by atoms with Crippen LogP contribution in [-0.4, -0.2) is 40.7 Å². The Kier molecular flexibility index (Phi) is 10.1. The number of urea groups is 1. The number of benzene rings is 2. The number of fused-ring (bicyclic) bond motifs is 1. The predicted octanol–water partition coefficient (Wildman–Crippen LogP) is 6.34. The van der Waals surface area contributed by atoms with E-state index < -0.39 is 0 Å². The Morgan fingerprint density at radius 3 is 2.44 bits per heavy atom. The molecule has 0 radical (unpaired) electrons. The Hall–Kier alpha value is -3.19. The summed E-state index contributed by atoms with van der Waals surface area (Å²) in [7, 11) is 1.62. The van der Waals surface area contributed by atoms with Gasteiger partial charge in [0.15, 0.2) is 0 Å². The molecule has 0 aliphatic carbocycles. The van der Waals surface area contributed by atoms with Crippen molar-refractivity contribution < 1.29 is 9.53 Å². The number of anilines is 1. The zero-order chi connectivity index (χ0) is 26.1. The third-order valence-corrected chi connectivity index (χ3v) is 6.56. The van der Waals surface area contributed by atoms with Gasteiger partial charge in [-0.2, -0.15) is 0 Å². The number of methoxy groups -OCH3 is 1. The number of nitrogens with zero attached hydrogens (tertiary/aromatic N) is 3. The highest BCUT2D eigenvalue weighted by Crippen LogP contribution is 2.26. The van der Waals surface area contributed by atoms with Gasteiger partial charge in [-0.3, -0.25) is 9.36 Å². The number of amides is 2. The van der Waals surface area contributed by atoms with Gasteiger partial charge in [-0.1, -0.05) is 64.8 Å². The Bertz CT molecular complexity index is 1190. The largest absolute Gasteiger partial charge is 0.383 e. The number of hydrogen-bond acceptors (Lipinski definition) is 4. The van der Waals surface area contributed by atoms with E-state index in [0.717, 1.165) is 24.9 Å². The molecule has 2 amide bonds. The van der Waals surface area contributed by atoms with E-state index in [0.29, 0.717) is 48.8 Å². The Morgan fingerprint density at radius 2 is 1.81 bits per heavy atom. The molecule has 1 heterocycles. The first-order chi connectivity index (χ1) is 17.4. The molecule has 7 nitrogen and oxygen atoms in total. The van der Waals surface area contributed by atoms with E-state index in [1.165, 1.54) is 5.56 Å². The van der Waals surface area contributed by atoms with E-state index >= 15 is 0 Å². The summed E-state index contributed by atoms with van der Waals surface area (Å²) in [6.45, 7) is 9.81. The van der Waals surface area contributed by atoms with Crippen LogP contribution in [0.25, 0.3) is 10.9 Å². The molecule has 7 heteroatoms. The van der Waals surface area contributed by atoms with Gasteiger partial charge in [0.1, 0.15) is 5.82 Å². The van der Waals surface area contributed by atoms with Gasteiger partial charge in [0.2, 0.25) is 0 Å². The van der Waals surface area contributed by atoms with Crippen molar-refractivity contribution >= 4 is 22.6 Å². The molecule has 1 atom stereocenters. The van der Waals surface area contributed by atoms with Crippen LogP contribution < -0.4 is 10.9 Å². The molecular weight excluding hydrogens is 452 g/mol. The van der Waals surface area contributed by atoms with Crippen LogP contribution in [0.15, 0.2) is 53.3 Å². The molecule has 194 valence electrons. The highest BCUT2D eigenvalue weighted by molar-refractivity contribution is 5.89. The number of carbonyl (C=O) groups excluding carboxylic acids is 1. The molecule has 0 bridgehead atoms. The third-order valence-electron chi connectivity index (χ3n) is 6.56. The predicted molar refractivity (Wildman–Crippen MR) is 147 cm³/mol. The number of aromatic nitrogens is 2. The molecule has 0 aliphatic rings. The Balaban J connectivity index is 2.02. The Morgan fingerprint density at radius 1 is 1.08 bits per heavy atom. The van der Waals surface area contributed by atoms with E-state index in [1.54, 1.807) is 17.7 Å². The normalized spacial score (nSPS) is 12.2. The third kappa shape index (κ3) is 6.52. The maximum atomic E-state index is 13.6. The maximum Gasteiger partial charge on any atom is 0.322 e. The molecular formula is C29H40N4O3. The Labute approximate surface area is 214 Å². The molecule has 36 heavy (non-hydrogen) atoms. The monoisotopic (exact) mass is 492 g/mol. The van der Waals surface area contributed by atoms with Crippen LogP contribution in [0.3, 0.4) is 0 Å². The summed E-state index contributed by atoms with van der Waals surface area (Å²) in [5.74, 6) is 1.02. The lowest BCUT2D eigenvalue weighted by Crippen LogP contribution is -2.42. The van der Waals surface area contributed by atoms with E-state index in [1.807, 2.05) is 54.3 Å². The van der Waals surface area contributed by atoms with Gasteiger partial charge in [0.25, 0.3) is 5.56 Å². The van der Waals surface area contributed by atoms with Gasteiger partial charge in [0.05, 0.1) is 30.1 Å². The molecule has 1 aromatic heterocycles. The number of para-hydroxylation sites is 1. The van der Waals surface area contributed by atoms with Crippen LogP contribution in [0, 0.1) is 0 Å². The summed E-state index contributed by atoms with van der Waals surface area (Å²) in [5.41, 5.74) is 2.51. The van der Waals surface area contributed by atoms with Crippen molar-refractivity contribution in [3.63, 3.8) is 0 Å². The minimum Gasteiger partial charge on any atom is -0.383 e. The smallest absolute Gasteiger partial charge is 0.322 e. The lowest BCUT2D eigenvalue weighted by Gasteiger charge is -2.32. The topological polar surface area (TPSA) is 76.5 Å². The summed E-state index contributed by atoms with van der Waals surface area (Å²) in [4.78, 5) is 33.9. The van der Waals surface area contributed by atoms with E-state index in [-0.39, 0.29) is 17.6 Å². The highest BCUT2D eigenvalue weighted by atomic mass is 16.5. The molecule has 0 fully saturated rings. The highest BCUT2D eigenvalue weighted by Gasteiger charge is 2.28. The molecule has 0 saturated heterocycles. The van der Waals surface area contributed by atoms with Crippen molar-refractivity contribution in [3.8, 4) is 0 Å². The SMILES string of the molecule is CCCCCN(C(=O)Nc1ccc(C(C)C)cc1)C(CC)c1nc2ccccc2c(=O)n1CCOC.